The van der Waals surface area contributed by atoms with Crippen molar-refractivity contribution in [2.75, 3.05) is 0 Å². The van der Waals surface area contributed by atoms with Crippen molar-refractivity contribution in [2.45, 2.75) is 48.2 Å². The van der Waals surface area contributed by atoms with Gasteiger partial charge in [0, 0.05) is 10.5 Å². The van der Waals surface area contributed by atoms with Gasteiger partial charge in [0.25, 0.3) is 0 Å². The second-order valence-corrected chi connectivity index (χ2v) is 8.30. The van der Waals surface area contributed by atoms with Gasteiger partial charge in [-0.2, -0.15) is 11.8 Å². The predicted octanol–water partition coefficient (Wildman–Crippen LogP) is 4.99. The molecule has 2 unspecified atom stereocenters. The van der Waals surface area contributed by atoms with Gasteiger partial charge in [0.05, 0.1) is 5.60 Å². The van der Waals surface area contributed by atoms with E-state index in [0.29, 0.717) is 10.5 Å². The van der Waals surface area contributed by atoms with Crippen LogP contribution in [0.3, 0.4) is 0 Å². The Hall–Kier alpha value is -1.25. The molecule has 0 radical (unpaired) electrons. The van der Waals surface area contributed by atoms with Crippen LogP contribution >= 0.6 is 11.8 Å². The van der Waals surface area contributed by atoms with Crippen LogP contribution in [0.1, 0.15) is 37.7 Å². The Bertz CT molecular complexity index is 640. The van der Waals surface area contributed by atoms with Crippen molar-refractivity contribution in [3.8, 4) is 11.1 Å². The number of hydrogen-bond acceptors (Lipinski definition) is 2. The molecular weight excluding hydrogens is 288 g/mol. The van der Waals surface area contributed by atoms with Crippen molar-refractivity contribution >= 4 is 11.8 Å². The first-order valence-corrected chi connectivity index (χ1v) is 9.21. The smallest absolute Gasteiger partial charge is 0.0917 e. The molecule has 2 heterocycles. The molecule has 114 valence electrons. The summed E-state index contributed by atoms with van der Waals surface area (Å²) in [6.45, 7) is 0. The summed E-state index contributed by atoms with van der Waals surface area (Å²) in [6.07, 6.45) is 5.69. The second kappa shape index (κ2) is 5.75. The van der Waals surface area contributed by atoms with E-state index in [1.54, 1.807) is 0 Å². The molecule has 2 aromatic rings. The van der Waals surface area contributed by atoms with Crippen molar-refractivity contribution < 1.29 is 5.11 Å². The Morgan fingerprint density at radius 2 is 1.55 bits per heavy atom. The van der Waals surface area contributed by atoms with Crippen molar-refractivity contribution in [1.29, 1.82) is 0 Å². The molecule has 1 nitrogen and oxygen atoms in total. The Morgan fingerprint density at radius 1 is 0.864 bits per heavy atom. The lowest BCUT2D eigenvalue weighted by molar-refractivity contribution is 0.00817. The van der Waals surface area contributed by atoms with Gasteiger partial charge < -0.3 is 5.11 Å². The maximum atomic E-state index is 11.3. The highest BCUT2D eigenvalue weighted by molar-refractivity contribution is 8.00. The van der Waals surface area contributed by atoms with Crippen LogP contribution in [0.5, 0.6) is 0 Å². The van der Waals surface area contributed by atoms with Crippen LogP contribution in [0.25, 0.3) is 11.1 Å². The first-order valence-electron chi connectivity index (χ1n) is 8.27. The van der Waals surface area contributed by atoms with Gasteiger partial charge in [-0.1, -0.05) is 55.0 Å². The third kappa shape index (κ3) is 2.70. The van der Waals surface area contributed by atoms with E-state index in [4.69, 9.17) is 0 Å². The topological polar surface area (TPSA) is 20.2 Å². The van der Waals surface area contributed by atoms with E-state index in [0.717, 1.165) is 18.4 Å². The summed E-state index contributed by atoms with van der Waals surface area (Å²) in [5, 5.41) is 12.6. The van der Waals surface area contributed by atoms with Crippen LogP contribution in [0.15, 0.2) is 54.6 Å². The maximum absolute atomic E-state index is 11.3. The highest BCUT2D eigenvalue weighted by atomic mass is 32.2. The third-order valence-corrected chi connectivity index (χ3v) is 6.65. The van der Waals surface area contributed by atoms with Gasteiger partial charge in [-0.05, 0) is 48.4 Å². The van der Waals surface area contributed by atoms with Gasteiger partial charge in [0.1, 0.15) is 0 Å². The zero-order valence-corrected chi connectivity index (χ0v) is 13.6. The molecule has 2 aromatic carbocycles. The van der Waals surface area contributed by atoms with Crippen LogP contribution in [0.4, 0.5) is 0 Å². The predicted molar refractivity (Wildman–Crippen MR) is 94.0 cm³/mol. The summed E-state index contributed by atoms with van der Waals surface area (Å²) in [7, 11) is 0. The van der Waals surface area contributed by atoms with Crippen LogP contribution in [0.2, 0.25) is 0 Å². The van der Waals surface area contributed by atoms with E-state index < -0.39 is 5.60 Å². The lowest BCUT2D eigenvalue weighted by Gasteiger charge is -2.44. The largest absolute Gasteiger partial charge is 0.385 e. The lowest BCUT2D eigenvalue weighted by atomic mass is 9.80. The SMILES string of the molecule is OC1(c2cccc(-c3ccccc3)c2)CC2CCCC(C1)S2. The molecule has 4 rings (SSSR count). The summed E-state index contributed by atoms with van der Waals surface area (Å²) in [5.41, 5.74) is 2.89. The molecule has 2 heteroatoms. The lowest BCUT2D eigenvalue weighted by Crippen LogP contribution is -2.40. The molecule has 0 aromatic heterocycles. The van der Waals surface area contributed by atoms with Gasteiger partial charge in [0.2, 0.25) is 0 Å². The Balaban J connectivity index is 1.67. The highest BCUT2D eigenvalue weighted by Gasteiger charge is 2.42. The molecule has 2 aliphatic rings. The third-order valence-electron chi connectivity index (χ3n) is 5.07. The van der Waals surface area contributed by atoms with E-state index in [9.17, 15) is 5.11 Å². The Morgan fingerprint density at radius 3 is 2.27 bits per heavy atom. The minimum atomic E-state index is -0.633. The molecule has 0 aliphatic carbocycles. The molecule has 2 aliphatic heterocycles. The number of thioether (sulfide) groups is 1. The van der Waals surface area contributed by atoms with E-state index in [-0.39, 0.29) is 0 Å². The summed E-state index contributed by atoms with van der Waals surface area (Å²) >= 11 is 2.11. The summed E-state index contributed by atoms with van der Waals surface area (Å²) in [5.74, 6) is 0. The normalized spacial score (nSPS) is 31.0. The summed E-state index contributed by atoms with van der Waals surface area (Å²) in [4.78, 5) is 0. The monoisotopic (exact) mass is 310 g/mol. The molecule has 2 atom stereocenters. The first-order chi connectivity index (χ1) is 10.7. The van der Waals surface area contributed by atoms with Crippen molar-refractivity contribution in [3.05, 3.63) is 60.2 Å². The molecule has 22 heavy (non-hydrogen) atoms. The fourth-order valence-corrected chi connectivity index (χ4v) is 5.87. The van der Waals surface area contributed by atoms with Crippen LogP contribution < -0.4 is 0 Å². The molecule has 0 saturated carbocycles. The van der Waals surface area contributed by atoms with Crippen molar-refractivity contribution in [1.82, 2.24) is 0 Å². The van der Waals surface area contributed by atoms with Crippen LogP contribution in [0, 0.1) is 0 Å². The minimum absolute atomic E-state index is 0.633. The van der Waals surface area contributed by atoms with Gasteiger partial charge in [0.15, 0.2) is 0 Å². The van der Waals surface area contributed by atoms with Crippen molar-refractivity contribution in [2.24, 2.45) is 0 Å². The molecule has 1 N–H and O–H groups in total. The highest BCUT2D eigenvalue weighted by Crippen LogP contribution is 2.49. The average Bonchev–Trinajstić information content (AvgIpc) is 2.55. The van der Waals surface area contributed by atoms with Gasteiger partial charge in [-0.25, -0.2) is 0 Å². The number of aliphatic hydroxyl groups is 1. The zero-order valence-electron chi connectivity index (χ0n) is 12.7. The van der Waals surface area contributed by atoms with E-state index in [2.05, 4.69) is 60.3 Å². The maximum Gasteiger partial charge on any atom is 0.0917 e. The molecule has 2 saturated heterocycles. The quantitative estimate of drug-likeness (QED) is 0.843. The fraction of sp³-hybridized carbons (Fsp3) is 0.400. The molecule has 2 bridgehead atoms. The van der Waals surface area contributed by atoms with E-state index in [1.807, 2.05) is 6.07 Å². The van der Waals surface area contributed by atoms with E-state index in [1.165, 1.54) is 30.4 Å². The fourth-order valence-electron chi connectivity index (χ4n) is 3.97. The Labute approximate surface area is 136 Å². The summed E-state index contributed by atoms with van der Waals surface area (Å²) in [6, 6.07) is 19.0. The van der Waals surface area contributed by atoms with E-state index >= 15 is 0 Å². The molecule has 0 spiro atoms. The minimum Gasteiger partial charge on any atom is -0.385 e. The number of benzene rings is 2. The van der Waals surface area contributed by atoms with Crippen LogP contribution in [-0.4, -0.2) is 15.6 Å². The van der Waals surface area contributed by atoms with Crippen molar-refractivity contribution in [3.63, 3.8) is 0 Å². The number of fused-ring (bicyclic) bond motifs is 2. The second-order valence-electron chi connectivity index (χ2n) is 6.70. The van der Waals surface area contributed by atoms with Gasteiger partial charge in [-0.15, -0.1) is 0 Å². The van der Waals surface area contributed by atoms with Crippen LogP contribution in [-0.2, 0) is 5.60 Å². The number of hydrogen-bond donors (Lipinski definition) is 1. The average molecular weight is 310 g/mol. The van der Waals surface area contributed by atoms with Gasteiger partial charge >= 0.3 is 0 Å². The molecule has 2 fully saturated rings. The Kier molecular flexibility index (Phi) is 3.75. The summed E-state index contributed by atoms with van der Waals surface area (Å²) < 4.78 is 0. The molecule has 0 amide bonds. The standard InChI is InChI=1S/C20H22OS/c21-20(13-18-10-5-11-19(14-20)22-18)17-9-4-8-16(12-17)15-6-2-1-3-7-15/h1-4,6-9,12,18-19,21H,5,10-11,13-14H2. The zero-order chi connectivity index (χ0) is 15.0. The van der Waals surface area contributed by atoms with Gasteiger partial charge in [-0.3, -0.25) is 0 Å². The molecular formula is C20H22OS. The number of rotatable bonds is 2. The first kappa shape index (κ1) is 14.3.